The number of fused-ring (bicyclic) bond motifs is 21. The zero-order chi connectivity index (χ0) is 43.7. The van der Waals surface area contributed by atoms with Gasteiger partial charge >= 0.3 is 0 Å². The molecular weight excluding hydrogens is 805 g/mol. The Bertz CT molecular complexity index is 3970. The third kappa shape index (κ3) is 5.21. The van der Waals surface area contributed by atoms with Crippen LogP contribution in [0.25, 0.3) is 126 Å². The molecule has 0 fully saturated rings. The van der Waals surface area contributed by atoms with Crippen LogP contribution in [-0.4, -0.2) is 0 Å². The zero-order valence-corrected chi connectivity index (χ0v) is 36.5. The number of hydrogen-bond donors (Lipinski definition) is 0. The molecule has 0 unspecified atom stereocenters. The normalized spacial score (nSPS) is 12.7. The minimum atomic E-state index is 1.15. The third-order valence-corrected chi connectivity index (χ3v) is 15.0. The maximum Gasteiger partial charge on any atom is -0.00141 e. The van der Waals surface area contributed by atoms with E-state index < -0.39 is 0 Å². The van der Waals surface area contributed by atoms with Gasteiger partial charge in [-0.3, -0.25) is 0 Å². The molecule has 0 saturated heterocycles. The first-order chi connectivity index (χ1) is 33.2. The van der Waals surface area contributed by atoms with Crippen LogP contribution >= 0.6 is 0 Å². The largest absolute Gasteiger partial charge is 0.104 e. The minimum Gasteiger partial charge on any atom is -0.104 e. The average Bonchev–Trinajstić information content (AvgIpc) is 4.02. The summed E-state index contributed by atoms with van der Waals surface area (Å²) in [5, 5.41) is 20.4. The highest BCUT2D eigenvalue weighted by molar-refractivity contribution is 6.33. The number of benzene rings is 12. The summed E-state index contributed by atoms with van der Waals surface area (Å²) in [6, 6.07) is 81.5. The van der Waals surface area contributed by atoms with Gasteiger partial charge in [0.1, 0.15) is 0 Å². The fourth-order valence-electron chi connectivity index (χ4n) is 12.1. The van der Waals surface area contributed by atoms with Gasteiger partial charge in [-0.15, -0.1) is 12.1 Å². The summed E-state index contributed by atoms with van der Waals surface area (Å²) in [7, 11) is 0. The Morgan fingerprint density at radius 3 is 1.10 bits per heavy atom. The van der Waals surface area contributed by atoms with Crippen LogP contribution in [0.1, 0.15) is 27.8 Å². The van der Waals surface area contributed by atoms with Crippen LogP contribution in [0.5, 0.6) is 0 Å². The Kier molecular flexibility index (Phi) is 7.59. The Hall–Kier alpha value is -8.71. The standard InChI is InChI=1S/C67H39/c1-7-19-47-41(13-1)25-31-53-59(54-32-26-42-14-2-8-20-48(42)63(54)62(47)53)37-40(38-60-55-33-27-43-15-3-9-21-49(43)64(55)65-50-22-10-4-16-44(50)28-34-56(60)65)39-61-57-35-29-45-17-5-11-23-51(45)66(57)67-52-24-12-6-18-46(52)30-36-58(61)67/h1-39H/q-1. The maximum absolute atomic E-state index is 2.51. The first-order valence-electron chi connectivity index (χ1n) is 23.4. The maximum atomic E-state index is 2.51. The van der Waals surface area contributed by atoms with Crippen LogP contribution in [0.15, 0.2) is 236 Å². The second kappa shape index (κ2) is 13.9. The van der Waals surface area contributed by atoms with Crippen molar-refractivity contribution in [2.24, 2.45) is 0 Å². The molecule has 0 heteroatoms. The molecule has 13 aromatic carbocycles. The Labute approximate surface area is 387 Å². The summed E-state index contributed by atoms with van der Waals surface area (Å²) < 4.78 is 0. The predicted molar refractivity (Wildman–Crippen MR) is 288 cm³/mol. The molecule has 15 rings (SSSR count). The molecule has 67 heavy (non-hydrogen) atoms. The van der Waals surface area contributed by atoms with E-state index in [9.17, 15) is 0 Å². The molecule has 0 N–H and O–H groups in total. The van der Waals surface area contributed by atoms with Gasteiger partial charge in [0.15, 0.2) is 0 Å². The van der Waals surface area contributed by atoms with Gasteiger partial charge < -0.3 is 0 Å². The van der Waals surface area contributed by atoms with E-state index in [1.807, 2.05) is 0 Å². The second-order valence-corrected chi connectivity index (χ2v) is 18.4. The van der Waals surface area contributed by atoms with Crippen LogP contribution in [0, 0.1) is 0 Å². The van der Waals surface area contributed by atoms with E-state index >= 15 is 0 Å². The van der Waals surface area contributed by atoms with Crippen molar-refractivity contribution in [2.75, 3.05) is 0 Å². The van der Waals surface area contributed by atoms with Gasteiger partial charge in [0.2, 0.25) is 0 Å². The quantitative estimate of drug-likeness (QED) is 0.155. The predicted octanol–water partition coefficient (Wildman–Crippen LogP) is 18.2. The molecule has 0 saturated carbocycles. The van der Waals surface area contributed by atoms with Gasteiger partial charge in [-0.05, 0) is 122 Å². The molecule has 0 spiro atoms. The molecule has 0 atom stereocenters. The summed E-state index contributed by atoms with van der Waals surface area (Å²) >= 11 is 0. The highest BCUT2D eigenvalue weighted by Gasteiger charge is 2.30. The van der Waals surface area contributed by atoms with Gasteiger partial charge in [-0.1, -0.05) is 256 Å². The molecule has 13 aromatic rings. The Balaban J connectivity index is 1.09. The molecule has 0 bridgehead atoms. The number of rotatable bonds is 3. The van der Waals surface area contributed by atoms with Crippen LogP contribution in [0.2, 0.25) is 0 Å². The van der Waals surface area contributed by atoms with E-state index in [1.165, 1.54) is 147 Å². The van der Waals surface area contributed by atoms with E-state index in [1.54, 1.807) is 0 Å². The molecule has 2 aliphatic rings. The summed E-state index contributed by atoms with van der Waals surface area (Å²) in [4.78, 5) is 0. The molecule has 0 aromatic heterocycles. The molecule has 0 radical (unpaired) electrons. The molecule has 0 heterocycles. The van der Waals surface area contributed by atoms with E-state index in [2.05, 4.69) is 237 Å². The van der Waals surface area contributed by atoms with Gasteiger partial charge in [-0.2, -0.15) is 0 Å². The van der Waals surface area contributed by atoms with E-state index in [-0.39, 0.29) is 0 Å². The van der Waals surface area contributed by atoms with E-state index in [0.717, 1.165) is 5.57 Å². The van der Waals surface area contributed by atoms with Crippen molar-refractivity contribution in [2.45, 2.75) is 0 Å². The lowest BCUT2D eigenvalue weighted by Crippen LogP contribution is -1.88. The SMILES string of the molecule is C(=C(C=C1c2ccc3ccccc3c2-c2c1ccc1ccccc21)C=C1c2ccc3ccccc3c2-c2c1ccc1ccccc21)c1c2ccc3ccccc3c2[c-]2c1ccc1ccccc12. The first-order valence-corrected chi connectivity index (χ1v) is 23.4. The van der Waals surface area contributed by atoms with Gasteiger partial charge in [0.05, 0.1) is 0 Å². The smallest absolute Gasteiger partial charge is 0.00141 e. The monoisotopic (exact) mass is 843 g/mol. The van der Waals surface area contributed by atoms with E-state index in [4.69, 9.17) is 0 Å². The molecule has 0 nitrogen and oxygen atoms in total. The molecule has 2 aliphatic carbocycles. The topological polar surface area (TPSA) is 0 Å². The molecular formula is C67H39-. The minimum absolute atomic E-state index is 1.15. The van der Waals surface area contributed by atoms with Crippen molar-refractivity contribution >= 4 is 103 Å². The average molecular weight is 844 g/mol. The van der Waals surface area contributed by atoms with Crippen molar-refractivity contribution in [3.05, 3.63) is 264 Å². The van der Waals surface area contributed by atoms with Crippen LogP contribution in [0.3, 0.4) is 0 Å². The fourth-order valence-corrected chi connectivity index (χ4v) is 12.1. The lowest BCUT2D eigenvalue weighted by atomic mass is 9.94. The van der Waals surface area contributed by atoms with Crippen molar-refractivity contribution in [1.82, 2.24) is 0 Å². The first kappa shape index (κ1) is 36.6. The highest BCUT2D eigenvalue weighted by Crippen LogP contribution is 2.54. The van der Waals surface area contributed by atoms with Crippen LogP contribution in [-0.2, 0) is 0 Å². The van der Waals surface area contributed by atoms with Crippen molar-refractivity contribution in [3.63, 3.8) is 0 Å². The molecule has 0 amide bonds. The molecule has 308 valence electrons. The number of allylic oxidation sites excluding steroid dienone is 3. The Morgan fingerprint density at radius 1 is 0.284 bits per heavy atom. The van der Waals surface area contributed by atoms with Crippen LogP contribution < -0.4 is 0 Å². The van der Waals surface area contributed by atoms with Gasteiger partial charge in [-0.25, -0.2) is 0 Å². The van der Waals surface area contributed by atoms with Gasteiger partial charge in [0, 0.05) is 0 Å². The lowest BCUT2D eigenvalue weighted by molar-refractivity contribution is 1.63. The van der Waals surface area contributed by atoms with Crippen LogP contribution in [0.4, 0.5) is 0 Å². The van der Waals surface area contributed by atoms with Crippen molar-refractivity contribution in [3.8, 4) is 22.3 Å². The van der Waals surface area contributed by atoms with Crippen molar-refractivity contribution in [1.29, 1.82) is 0 Å². The lowest BCUT2D eigenvalue weighted by Gasteiger charge is -2.11. The second-order valence-electron chi connectivity index (χ2n) is 18.4. The molecule has 0 aliphatic heterocycles. The highest BCUT2D eigenvalue weighted by atomic mass is 14.3. The number of hydrogen-bond acceptors (Lipinski definition) is 0. The van der Waals surface area contributed by atoms with E-state index in [0.29, 0.717) is 0 Å². The summed E-state index contributed by atoms with van der Waals surface area (Å²) in [5.41, 5.74) is 15.3. The summed E-state index contributed by atoms with van der Waals surface area (Å²) in [6.45, 7) is 0. The Morgan fingerprint density at radius 2 is 0.642 bits per heavy atom. The zero-order valence-electron chi connectivity index (χ0n) is 36.5. The summed E-state index contributed by atoms with van der Waals surface area (Å²) in [6.07, 6.45) is 7.52. The van der Waals surface area contributed by atoms with Gasteiger partial charge in [0.25, 0.3) is 0 Å². The third-order valence-electron chi connectivity index (χ3n) is 15.0. The fraction of sp³-hybridized carbons (Fsp3) is 0. The van der Waals surface area contributed by atoms with Crippen molar-refractivity contribution < 1.29 is 0 Å². The summed E-state index contributed by atoms with van der Waals surface area (Å²) in [5.74, 6) is 0.